The smallest absolute Gasteiger partial charge is 0.246 e. The summed E-state index contributed by atoms with van der Waals surface area (Å²) in [4.78, 5) is 35.1. The lowest BCUT2D eigenvalue weighted by molar-refractivity contribution is -0.161. The number of aromatic nitrogens is 1. The van der Waals surface area contributed by atoms with Crippen molar-refractivity contribution in [1.29, 1.82) is 0 Å². The fourth-order valence-corrected chi connectivity index (χ4v) is 6.32. The molecule has 1 N–H and O–H groups in total. The molecule has 3 aromatic rings. The van der Waals surface area contributed by atoms with Crippen LogP contribution in [-0.2, 0) is 16.0 Å². The highest BCUT2D eigenvalue weighted by Crippen LogP contribution is 2.43. The van der Waals surface area contributed by atoms with Gasteiger partial charge in [-0.1, -0.05) is 80.6 Å². The predicted molar refractivity (Wildman–Crippen MR) is 129 cm³/mol. The lowest BCUT2D eigenvalue weighted by atomic mass is 9.85. The molecule has 170 valence electrons. The number of hydrogen-bond donors (Lipinski definition) is 1. The van der Waals surface area contributed by atoms with Gasteiger partial charge >= 0.3 is 0 Å². The van der Waals surface area contributed by atoms with E-state index in [0.717, 1.165) is 47.8 Å². The number of H-pyrrole nitrogens is 1. The van der Waals surface area contributed by atoms with E-state index < -0.39 is 6.04 Å². The molecule has 0 spiro atoms. The number of nitrogens with zero attached hydrogens (tertiary/aromatic N) is 2. The monoisotopic (exact) mass is 441 g/mol. The molecule has 3 heterocycles. The number of amides is 2. The van der Waals surface area contributed by atoms with Gasteiger partial charge in [0.1, 0.15) is 12.6 Å². The summed E-state index contributed by atoms with van der Waals surface area (Å²) in [5, 5.41) is 1.16. The largest absolute Gasteiger partial charge is 0.356 e. The summed E-state index contributed by atoms with van der Waals surface area (Å²) in [6.07, 6.45) is 8.67. The molecular weight excluding hydrogens is 410 g/mol. The molecule has 0 unspecified atom stereocenters. The number of nitrogens with one attached hydrogen (secondary N) is 1. The maximum absolute atomic E-state index is 14.0. The van der Waals surface area contributed by atoms with E-state index in [2.05, 4.69) is 35.3 Å². The molecule has 1 saturated heterocycles. The normalized spacial score (nSPS) is 24.4. The second kappa shape index (κ2) is 8.36. The molecule has 2 aliphatic heterocycles. The van der Waals surface area contributed by atoms with Gasteiger partial charge in [0.15, 0.2) is 0 Å². The van der Waals surface area contributed by atoms with Crippen molar-refractivity contribution < 1.29 is 9.59 Å². The van der Waals surface area contributed by atoms with E-state index in [1.54, 1.807) is 0 Å². The molecule has 2 amide bonds. The van der Waals surface area contributed by atoms with Gasteiger partial charge in [-0.2, -0.15) is 0 Å². The Labute approximate surface area is 194 Å². The quantitative estimate of drug-likeness (QED) is 0.611. The first kappa shape index (κ1) is 20.5. The molecule has 2 aromatic carbocycles. The van der Waals surface area contributed by atoms with Crippen LogP contribution in [0.3, 0.4) is 0 Å². The SMILES string of the molecule is O=C1[C@@H]2Cc3c([nH]c4ccccc34)[C@H](c3ccccc3)N2C(=O)CN1C1CCCCCCC1. The molecule has 0 radical (unpaired) electrons. The number of fused-ring (bicyclic) bond motifs is 4. The van der Waals surface area contributed by atoms with Crippen LogP contribution in [0.5, 0.6) is 0 Å². The highest BCUT2D eigenvalue weighted by Gasteiger charge is 2.49. The van der Waals surface area contributed by atoms with Gasteiger partial charge in [-0.05, 0) is 30.0 Å². The van der Waals surface area contributed by atoms with Crippen LogP contribution in [0.1, 0.15) is 67.8 Å². The number of para-hydroxylation sites is 1. The Morgan fingerprint density at radius 3 is 2.30 bits per heavy atom. The van der Waals surface area contributed by atoms with E-state index in [1.807, 2.05) is 34.1 Å². The summed E-state index contributed by atoms with van der Waals surface area (Å²) in [7, 11) is 0. The fraction of sp³-hybridized carbons (Fsp3) is 0.429. The number of rotatable bonds is 2. The van der Waals surface area contributed by atoms with E-state index in [-0.39, 0.29) is 30.4 Å². The Hall–Kier alpha value is -3.08. The first-order valence-corrected chi connectivity index (χ1v) is 12.5. The summed E-state index contributed by atoms with van der Waals surface area (Å²) >= 11 is 0. The third-order valence-electron chi connectivity index (χ3n) is 7.92. The summed E-state index contributed by atoms with van der Waals surface area (Å²) in [6, 6.07) is 18.0. The second-order valence-corrected chi connectivity index (χ2v) is 9.86. The number of piperazine rings is 1. The Kier molecular flexibility index (Phi) is 5.20. The highest BCUT2D eigenvalue weighted by molar-refractivity contribution is 5.97. The van der Waals surface area contributed by atoms with Crippen LogP contribution in [-0.4, -0.2) is 45.2 Å². The lowest BCUT2D eigenvalue weighted by Gasteiger charge is -2.49. The molecule has 1 aromatic heterocycles. The average Bonchev–Trinajstić information content (AvgIpc) is 3.19. The van der Waals surface area contributed by atoms with Crippen molar-refractivity contribution in [2.24, 2.45) is 0 Å². The van der Waals surface area contributed by atoms with Gasteiger partial charge < -0.3 is 14.8 Å². The van der Waals surface area contributed by atoms with Gasteiger partial charge in [-0.25, -0.2) is 0 Å². The van der Waals surface area contributed by atoms with Crippen LogP contribution < -0.4 is 0 Å². The highest BCUT2D eigenvalue weighted by atomic mass is 16.2. The summed E-state index contributed by atoms with van der Waals surface area (Å²) < 4.78 is 0. The Balaban J connectivity index is 1.43. The molecule has 5 heteroatoms. The molecule has 0 bridgehead atoms. The first-order valence-electron chi connectivity index (χ1n) is 12.5. The molecule has 2 fully saturated rings. The maximum Gasteiger partial charge on any atom is 0.246 e. The van der Waals surface area contributed by atoms with Gasteiger partial charge in [0.2, 0.25) is 11.8 Å². The zero-order chi connectivity index (χ0) is 22.4. The topological polar surface area (TPSA) is 56.4 Å². The summed E-state index contributed by atoms with van der Waals surface area (Å²) in [6.45, 7) is 0.207. The van der Waals surface area contributed by atoms with Gasteiger partial charge in [0.25, 0.3) is 0 Å². The van der Waals surface area contributed by atoms with E-state index in [9.17, 15) is 9.59 Å². The van der Waals surface area contributed by atoms with Crippen LogP contribution in [0.15, 0.2) is 54.6 Å². The van der Waals surface area contributed by atoms with Crippen molar-refractivity contribution in [3.05, 3.63) is 71.4 Å². The predicted octanol–water partition coefficient (Wildman–Crippen LogP) is 4.97. The minimum atomic E-state index is -0.436. The third kappa shape index (κ3) is 3.45. The average molecular weight is 442 g/mol. The third-order valence-corrected chi connectivity index (χ3v) is 7.92. The van der Waals surface area contributed by atoms with Gasteiger partial charge in [0.05, 0.1) is 6.04 Å². The van der Waals surface area contributed by atoms with Crippen molar-refractivity contribution in [3.63, 3.8) is 0 Å². The molecule has 3 aliphatic rings. The van der Waals surface area contributed by atoms with Gasteiger partial charge in [0, 0.05) is 29.1 Å². The zero-order valence-electron chi connectivity index (χ0n) is 19.0. The minimum absolute atomic E-state index is 0.0693. The van der Waals surface area contributed by atoms with E-state index in [1.165, 1.54) is 24.8 Å². The fourth-order valence-electron chi connectivity index (χ4n) is 6.32. The lowest BCUT2D eigenvalue weighted by Crippen LogP contribution is -2.64. The van der Waals surface area contributed by atoms with Crippen LogP contribution in [0, 0.1) is 0 Å². The second-order valence-electron chi connectivity index (χ2n) is 9.86. The summed E-state index contributed by atoms with van der Waals surface area (Å²) in [5.74, 6) is 0.205. The van der Waals surface area contributed by atoms with Crippen molar-refractivity contribution in [3.8, 4) is 0 Å². The van der Waals surface area contributed by atoms with Crippen molar-refractivity contribution in [2.75, 3.05) is 6.54 Å². The zero-order valence-corrected chi connectivity index (χ0v) is 19.0. The maximum atomic E-state index is 14.0. The van der Waals surface area contributed by atoms with Crippen molar-refractivity contribution in [1.82, 2.24) is 14.8 Å². The van der Waals surface area contributed by atoms with Gasteiger partial charge in [-0.15, -0.1) is 0 Å². The van der Waals surface area contributed by atoms with E-state index in [4.69, 9.17) is 0 Å². The molecule has 1 saturated carbocycles. The van der Waals surface area contributed by atoms with Crippen molar-refractivity contribution >= 4 is 22.7 Å². The van der Waals surface area contributed by atoms with E-state index >= 15 is 0 Å². The molecule has 2 atom stereocenters. The van der Waals surface area contributed by atoms with Crippen molar-refractivity contribution in [2.45, 2.75) is 69.5 Å². The number of carbonyl (C=O) groups excluding carboxylic acids is 2. The summed E-state index contributed by atoms with van der Waals surface area (Å²) in [5.41, 5.74) is 4.36. The first-order chi connectivity index (χ1) is 16.2. The van der Waals surface area contributed by atoms with Crippen LogP contribution in [0.4, 0.5) is 0 Å². The number of carbonyl (C=O) groups is 2. The number of benzene rings is 2. The standard InChI is InChI=1S/C28H31N3O2/c32-25-18-30(20-13-7-2-1-3-8-14-20)28(33)24-17-22-21-15-9-10-16-23(21)29-26(22)27(31(24)25)19-11-5-4-6-12-19/h4-6,9-12,15-16,20,24,27,29H,1-3,7-8,13-14,17-18H2/t24-,27-/m0/s1. The Bertz CT molecular complexity index is 1180. The molecule has 1 aliphatic carbocycles. The Morgan fingerprint density at radius 2 is 1.52 bits per heavy atom. The molecular formula is C28H31N3O2. The molecule has 5 nitrogen and oxygen atoms in total. The number of hydrogen-bond acceptors (Lipinski definition) is 2. The minimum Gasteiger partial charge on any atom is -0.356 e. The molecule has 6 rings (SSSR count). The van der Waals surface area contributed by atoms with E-state index in [0.29, 0.717) is 6.42 Å². The van der Waals surface area contributed by atoms with Crippen LogP contribution in [0.25, 0.3) is 10.9 Å². The van der Waals surface area contributed by atoms with Gasteiger partial charge in [-0.3, -0.25) is 9.59 Å². The number of aromatic amines is 1. The van der Waals surface area contributed by atoms with Crippen LogP contribution in [0.2, 0.25) is 0 Å². The Morgan fingerprint density at radius 1 is 0.818 bits per heavy atom. The molecule has 33 heavy (non-hydrogen) atoms. The van der Waals surface area contributed by atoms with Crippen LogP contribution >= 0.6 is 0 Å².